The highest BCUT2D eigenvalue weighted by Crippen LogP contribution is 2.19. The lowest BCUT2D eigenvalue weighted by Gasteiger charge is -2.06. The molecule has 1 heterocycles. The summed E-state index contributed by atoms with van der Waals surface area (Å²) in [5.74, 6) is 0.401. The zero-order valence-electron chi connectivity index (χ0n) is 10.0. The van der Waals surface area contributed by atoms with E-state index < -0.39 is 0 Å². The number of rotatable bonds is 5. The van der Waals surface area contributed by atoms with Crippen LogP contribution in [0.1, 0.15) is 11.4 Å². The van der Waals surface area contributed by atoms with Crippen molar-refractivity contribution < 1.29 is 4.39 Å². The normalized spacial score (nSPS) is 10.8. The third-order valence-corrected chi connectivity index (χ3v) is 2.94. The summed E-state index contributed by atoms with van der Waals surface area (Å²) in [7, 11) is 1.83. The lowest BCUT2D eigenvalue weighted by atomic mass is 10.2. The van der Waals surface area contributed by atoms with Gasteiger partial charge in [-0.25, -0.2) is 9.37 Å². The minimum absolute atomic E-state index is 0.181. The fraction of sp³-hybridized carbons (Fsp3) is 0.333. The number of aryl methyl sites for hydroxylation is 1. The molecule has 1 aromatic carbocycles. The zero-order valence-corrected chi connectivity index (χ0v) is 10.8. The minimum Gasteiger partial charge on any atom is -0.312 e. The van der Waals surface area contributed by atoms with E-state index >= 15 is 0 Å². The molecule has 0 spiro atoms. The van der Waals surface area contributed by atoms with Crippen LogP contribution >= 0.6 is 11.6 Å². The molecular formula is C12H14ClFN4. The second-order valence-electron chi connectivity index (χ2n) is 3.97. The molecule has 0 aliphatic rings. The Kier molecular flexibility index (Phi) is 4.28. The molecule has 2 rings (SSSR count). The first-order chi connectivity index (χ1) is 8.66. The van der Waals surface area contributed by atoms with Gasteiger partial charge in [-0.1, -0.05) is 23.7 Å². The van der Waals surface area contributed by atoms with Gasteiger partial charge in [0.05, 0.1) is 5.02 Å². The largest absolute Gasteiger partial charge is 0.312 e. The monoisotopic (exact) mass is 268 g/mol. The van der Waals surface area contributed by atoms with Gasteiger partial charge >= 0.3 is 0 Å². The van der Waals surface area contributed by atoms with E-state index in [1.54, 1.807) is 23.1 Å². The van der Waals surface area contributed by atoms with Crippen LogP contribution in [0.5, 0.6) is 0 Å². The average Bonchev–Trinajstić information content (AvgIpc) is 2.76. The lowest BCUT2D eigenvalue weighted by Crippen LogP contribution is -2.17. The van der Waals surface area contributed by atoms with Crippen LogP contribution in [0.3, 0.4) is 0 Å². The molecule has 0 amide bonds. The van der Waals surface area contributed by atoms with E-state index in [4.69, 9.17) is 11.6 Å². The molecule has 0 saturated carbocycles. The average molecular weight is 269 g/mol. The molecule has 1 N–H and O–H groups in total. The van der Waals surface area contributed by atoms with Crippen molar-refractivity contribution in [3.63, 3.8) is 0 Å². The zero-order chi connectivity index (χ0) is 13.0. The summed E-state index contributed by atoms with van der Waals surface area (Å²) in [6, 6.07) is 4.81. The van der Waals surface area contributed by atoms with Crippen LogP contribution in [0, 0.1) is 5.82 Å². The quantitative estimate of drug-likeness (QED) is 0.843. The fourth-order valence-electron chi connectivity index (χ4n) is 1.61. The molecule has 2 aromatic rings. The molecule has 0 atom stereocenters. The number of hydrogen-bond donors (Lipinski definition) is 1. The summed E-state index contributed by atoms with van der Waals surface area (Å²) < 4.78 is 14.8. The minimum atomic E-state index is -0.387. The lowest BCUT2D eigenvalue weighted by molar-refractivity contribution is 0.619. The Balaban J connectivity index is 1.80. The van der Waals surface area contributed by atoms with Crippen LogP contribution in [0.4, 0.5) is 4.39 Å². The van der Waals surface area contributed by atoms with Crippen molar-refractivity contribution >= 4 is 11.6 Å². The van der Waals surface area contributed by atoms with Gasteiger partial charge in [0.1, 0.15) is 12.1 Å². The molecule has 0 fully saturated rings. The first kappa shape index (κ1) is 13.0. The molecule has 18 heavy (non-hydrogen) atoms. The second-order valence-corrected chi connectivity index (χ2v) is 4.35. The molecular weight excluding hydrogens is 255 g/mol. The number of halogens is 2. The Bertz CT molecular complexity index is 527. The van der Waals surface area contributed by atoms with E-state index in [-0.39, 0.29) is 10.8 Å². The summed E-state index contributed by atoms with van der Waals surface area (Å²) in [4.78, 5) is 4.12. The van der Waals surface area contributed by atoms with E-state index in [9.17, 15) is 4.39 Å². The van der Waals surface area contributed by atoms with Crippen molar-refractivity contribution in [2.24, 2.45) is 7.05 Å². The van der Waals surface area contributed by atoms with Crippen molar-refractivity contribution in [3.8, 4) is 0 Å². The van der Waals surface area contributed by atoms with Crippen molar-refractivity contribution in [1.29, 1.82) is 0 Å². The Morgan fingerprint density at radius 2 is 2.28 bits per heavy atom. The molecule has 0 aliphatic carbocycles. The van der Waals surface area contributed by atoms with Gasteiger partial charge in [-0.2, -0.15) is 5.10 Å². The molecule has 6 heteroatoms. The van der Waals surface area contributed by atoms with Crippen molar-refractivity contribution in [1.82, 2.24) is 20.1 Å². The third kappa shape index (κ3) is 3.27. The van der Waals surface area contributed by atoms with Crippen molar-refractivity contribution in [3.05, 3.63) is 46.8 Å². The van der Waals surface area contributed by atoms with Crippen molar-refractivity contribution in [2.75, 3.05) is 6.54 Å². The molecule has 0 radical (unpaired) electrons. The van der Waals surface area contributed by atoms with E-state index in [0.717, 1.165) is 24.4 Å². The Morgan fingerprint density at radius 1 is 1.44 bits per heavy atom. The first-order valence-electron chi connectivity index (χ1n) is 5.65. The SMILES string of the molecule is Cn1cnc(CCNCc2cccc(F)c2Cl)n1. The summed E-state index contributed by atoms with van der Waals surface area (Å²) in [6.45, 7) is 1.25. The van der Waals surface area contributed by atoms with Crippen LogP contribution in [0.25, 0.3) is 0 Å². The second kappa shape index (κ2) is 5.93. The van der Waals surface area contributed by atoms with E-state index in [0.29, 0.717) is 6.54 Å². The summed E-state index contributed by atoms with van der Waals surface area (Å²) in [5.41, 5.74) is 0.755. The maximum Gasteiger partial charge on any atom is 0.151 e. The summed E-state index contributed by atoms with van der Waals surface area (Å²) >= 11 is 5.85. The van der Waals surface area contributed by atoms with Gasteiger partial charge in [0.2, 0.25) is 0 Å². The predicted molar refractivity (Wildman–Crippen MR) is 67.8 cm³/mol. The number of nitrogens with zero attached hydrogens (tertiary/aromatic N) is 3. The smallest absolute Gasteiger partial charge is 0.151 e. The number of benzene rings is 1. The Hall–Kier alpha value is -1.46. The first-order valence-corrected chi connectivity index (χ1v) is 6.02. The van der Waals surface area contributed by atoms with Crippen LogP contribution in [0.15, 0.2) is 24.5 Å². The highest BCUT2D eigenvalue weighted by molar-refractivity contribution is 6.31. The number of nitrogens with one attached hydrogen (secondary N) is 1. The Morgan fingerprint density at radius 3 is 3.00 bits per heavy atom. The number of hydrogen-bond acceptors (Lipinski definition) is 3. The summed E-state index contributed by atoms with van der Waals surface area (Å²) in [5, 5.41) is 7.53. The maximum atomic E-state index is 13.2. The van der Waals surface area contributed by atoms with Gasteiger partial charge in [-0.05, 0) is 11.6 Å². The van der Waals surface area contributed by atoms with E-state index in [1.165, 1.54) is 6.07 Å². The standard InChI is InChI=1S/C12H14ClFN4/c1-18-8-16-11(17-18)5-6-15-7-9-3-2-4-10(14)12(9)13/h2-4,8,15H,5-7H2,1H3. The highest BCUT2D eigenvalue weighted by Gasteiger charge is 2.05. The van der Waals surface area contributed by atoms with Gasteiger partial charge in [0.15, 0.2) is 5.82 Å². The molecule has 0 unspecified atom stereocenters. The highest BCUT2D eigenvalue weighted by atomic mass is 35.5. The van der Waals surface area contributed by atoms with Gasteiger partial charge < -0.3 is 5.32 Å². The van der Waals surface area contributed by atoms with Crippen LogP contribution < -0.4 is 5.32 Å². The molecule has 0 saturated heterocycles. The summed E-state index contributed by atoms with van der Waals surface area (Å²) in [6.07, 6.45) is 2.40. The van der Waals surface area contributed by atoms with E-state index in [1.807, 2.05) is 7.05 Å². The molecule has 0 aliphatic heterocycles. The van der Waals surface area contributed by atoms with Gasteiger partial charge in [0, 0.05) is 26.6 Å². The van der Waals surface area contributed by atoms with Crippen molar-refractivity contribution in [2.45, 2.75) is 13.0 Å². The maximum absolute atomic E-state index is 13.2. The molecule has 4 nitrogen and oxygen atoms in total. The molecule has 0 bridgehead atoms. The van der Waals surface area contributed by atoms with Crippen LogP contribution in [-0.4, -0.2) is 21.3 Å². The van der Waals surface area contributed by atoms with Gasteiger partial charge in [-0.15, -0.1) is 0 Å². The van der Waals surface area contributed by atoms with Gasteiger partial charge in [0.25, 0.3) is 0 Å². The van der Waals surface area contributed by atoms with Crippen LogP contribution in [-0.2, 0) is 20.0 Å². The fourth-order valence-corrected chi connectivity index (χ4v) is 1.80. The van der Waals surface area contributed by atoms with Crippen LogP contribution in [0.2, 0.25) is 5.02 Å². The molecule has 1 aromatic heterocycles. The van der Waals surface area contributed by atoms with Gasteiger partial charge in [-0.3, -0.25) is 4.68 Å². The number of aromatic nitrogens is 3. The van der Waals surface area contributed by atoms with E-state index in [2.05, 4.69) is 15.4 Å². The Labute approximate surface area is 110 Å². The molecule has 96 valence electrons. The third-order valence-electron chi connectivity index (χ3n) is 2.52. The topological polar surface area (TPSA) is 42.7 Å². The predicted octanol–water partition coefficient (Wildman–Crippen LogP) is 1.94.